The fraction of sp³-hybridized carbons (Fsp3) is 0. The molecule has 0 aliphatic heterocycles. The molecule has 2 aromatic carbocycles. The van der Waals surface area contributed by atoms with Gasteiger partial charge in [0.2, 0.25) is 10.0 Å². The average molecular weight is 434 g/mol. The van der Waals surface area contributed by atoms with E-state index in [0.29, 0.717) is 15.7 Å². The van der Waals surface area contributed by atoms with Crippen LogP contribution in [-0.2, 0) is 10.0 Å². The summed E-state index contributed by atoms with van der Waals surface area (Å²) >= 11 is 6.42. The first-order chi connectivity index (χ1) is 9.79. The van der Waals surface area contributed by atoms with Gasteiger partial charge in [-0.2, -0.15) is 0 Å². The van der Waals surface area contributed by atoms with Crippen molar-refractivity contribution in [2.75, 3.05) is 5.32 Å². The lowest BCUT2D eigenvalue weighted by atomic mass is 10.2. The molecule has 0 saturated carbocycles. The molecule has 21 heavy (non-hydrogen) atoms. The molecule has 8 heteroatoms. The van der Waals surface area contributed by atoms with Crippen LogP contribution < -0.4 is 10.5 Å². The lowest BCUT2D eigenvalue weighted by Crippen LogP contribution is -2.14. The van der Waals surface area contributed by atoms with Crippen LogP contribution in [0.1, 0.15) is 10.4 Å². The minimum Gasteiger partial charge on any atom is -0.322 e. The van der Waals surface area contributed by atoms with Crippen LogP contribution in [0.2, 0.25) is 0 Å². The number of primary sulfonamides is 1. The number of nitrogens with two attached hydrogens (primary N) is 1. The highest BCUT2D eigenvalue weighted by Gasteiger charge is 2.14. The van der Waals surface area contributed by atoms with Gasteiger partial charge in [-0.25, -0.2) is 13.6 Å². The third kappa shape index (κ3) is 3.91. The summed E-state index contributed by atoms with van der Waals surface area (Å²) in [5, 5.41) is 7.75. The van der Waals surface area contributed by atoms with Crippen LogP contribution in [-0.4, -0.2) is 14.3 Å². The summed E-state index contributed by atoms with van der Waals surface area (Å²) in [4.78, 5) is 12.1. The maximum atomic E-state index is 12.1. The number of halogens is 2. The van der Waals surface area contributed by atoms with E-state index in [4.69, 9.17) is 5.14 Å². The smallest absolute Gasteiger partial charge is 0.256 e. The molecule has 0 atom stereocenters. The third-order valence-electron chi connectivity index (χ3n) is 2.61. The van der Waals surface area contributed by atoms with Crippen LogP contribution in [0.5, 0.6) is 0 Å². The van der Waals surface area contributed by atoms with Crippen LogP contribution in [0.15, 0.2) is 56.3 Å². The number of rotatable bonds is 3. The van der Waals surface area contributed by atoms with Gasteiger partial charge >= 0.3 is 0 Å². The number of hydrogen-bond donors (Lipinski definition) is 2. The Bertz CT molecular complexity index is 807. The van der Waals surface area contributed by atoms with E-state index in [0.717, 1.165) is 0 Å². The van der Waals surface area contributed by atoms with Crippen molar-refractivity contribution >= 4 is 53.5 Å². The van der Waals surface area contributed by atoms with E-state index in [2.05, 4.69) is 37.2 Å². The lowest BCUT2D eigenvalue weighted by molar-refractivity contribution is 0.102. The van der Waals surface area contributed by atoms with Crippen LogP contribution in [0.4, 0.5) is 5.69 Å². The average Bonchev–Trinajstić information content (AvgIpc) is 2.37. The topological polar surface area (TPSA) is 89.3 Å². The maximum Gasteiger partial charge on any atom is 0.256 e. The predicted molar refractivity (Wildman–Crippen MR) is 87.6 cm³/mol. The second-order valence-electron chi connectivity index (χ2n) is 4.12. The summed E-state index contributed by atoms with van der Waals surface area (Å²) in [7, 11) is -3.80. The van der Waals surface area contributed by atoms with Crippen LogP contribution in [0, 0.1) is 0 Å². The summed E-state index contributed by atoms with van der Waals surface area (Å²) in [5.74, 6) is -0.308. The first-order valence-electron chi connectivity index (χ1n) is 5.67. The molecule has 3 N–H and O–H groups in total. The van der Waals surface area contributed by atoms with Gasteiger partial charge in [0, 0.05) is 14.6 Å². The van der Waals surface area contributed by atoms with E-state index >= 15 is 0 Å². The Morgan fingerprint density at radius 1 is 1.05 bits per heavy atom. The summed E-state index contributed by atoms with van der Waals surface area (Å²) in [6, 6.07) is 11.3. The van der Waals surface area contributed by atoms with E-state index < -0.39 is 10.0 Å². The van der Waals surface area contributed by atoms with Crippen molar-refractivity contribution in [1.29, 1.82) is 0 Å². The van der Waals surface area contributed by atoms with Crippen molar-refractivity contribution in [3.05, 3.63) is 57.0 Å². The molecule has 0 aromatic heterocycles. The molecule has 0 spiro atoms. The van der Waals surface area contributed by atoms with Crippen molar-refractivity contribution in [1.82, 2.24) is 0 Å². The summed E-state index contributed by atoms with van der Waals surface area (Å²) in [6.45, 7) is 0. The third-order valence-corrected chi connectivity index (χ3v) is 5.19. The number of anilines is 1. The Balaban J connectivity index is 2.27. The monoisotopic (exact) mass is 432 g/mol. The number of hydrogen-bond acceptors (Lipinski definition) is 3. The van der Waals surface area contributed by atoms with Gasteiger partial charge in [0.1, 0.15) is 0 Å². The van der Waals surface area contributed by atoms with Gasteiger partial charge in [-0.3, -0.25) is 4.79 Å². The SMILES string of the molecule is NS(=O)(=O)c1ccc(NC(=O)c2ccccc2Br)cc1Br. The van der Waals surface area contributed by atoms with Gasteiger partial charge in [0.15, 0.2) is 0 Å². The molecule has 1 amide bonds. The van der Waals surface area contributed by atoms with Crippen molar-refractivity contribution in [2.45, 2.75) is 4.90 Å². The molecule has 5 nitrogen and oxygen atoms in total. The molecule has 0 fully saturated rings. The highest BCUT2D eigenvalue weighted by Crippen LogP contribution is 2.25. The molecule has 0 aliphatic carbocycles. The van der Waals surface area contributed by atoms with Gasteiger partial charge in [0.25, 0.3) is 5.91 Å². The van der Waals surface area contributed by atoms with E-state index in [-0.39, 0.29) is 15.3 Å². The fourth-order valence-corrected chi connectivity index (χ4v) is 3.76. The highest BCUT2D eigenvalue weighted by atomic mass is 79.9. The molecule has 0 bridgehead atoms. The van der Waals surface area contributed by atoms with Crippen molar-refractivity contribution in [3.63, 3.8) is 0 Å². The molecule has 110 valence electrons. The van der Waals surface area contributed by atoms with Crippen LogP contribution in [0.3, 0.4) is 0 Å². The molecule has 2 aromatic rings. The minimum atomic E-state index is -3.80. The second-order valence-corrected chi connectivity index (χ2v) is 7.36. The number of benzene rings is 2. The van der Waals surface area contributed by atoms with Crippen molar-refractivity contribution in [3.8, 4) is 0 Å². The van der Waals surface area contributed by atoms with E-state index in [1.807, 2.05) is 0 Å². The Hall–Kier alpha value is -1.22. The van der Waals surface area contributed by atoms with E-state index in [1.54, 1.807) is 24.3 Å². The van der Waals surface area contributed by atoms with Crippen LogP contribution in [0.25, 0.3) is 0 Å². The molecule has 2 rings (SSSR count). The molecule has 0 unspecified atom stereocenters. The lowest BCUT2D eigenvalue weighted by Gasteiger charge is -2.09. The zero-order valence-electron chi connectivity index (χ0n) is 10.5. The predicted octanol–water partition coefficient (Wildman–Crippen LogP) is 3.11. The summed E-state index contributed by atoms with van der Waals surface area (Å²) in [5.41, 5.74) is 0.930. The number of amides is 1. The van der Waals surface area contributed by atoms with Crippen molar-refractivity contribution in [2.24, 2.45) is 5.14 Å². The standard InChI is InChI=1S/C13H10Br2N2O3S/c14-10-4-2-1-3-9(10)13(18)17-8-5-6-12(11(15)7-8)21(16,19)20/h1-7H,(H,17,18)(H2,16,19,20). The second kappa shape index (κ2) is 6.27. The zero-order valence-corrected chi connectivity index (χ0v) is 14.5. The quantitative estimate of drug-likeness (QED) is 0.779. The maximum absolute atomic E-state index is 12.1. The molecular formula is C13H10Br2N2O3S. The van der Waals surface area contributed by atoms with E-state index in [9.17, 15) is 13.2 Å². The normalized spacial score (nSPS) is 11.2. The Morgan fingerprint density at radius 2 is 1.71 bits per heavy atom. The number of nitrogens with one attached hydrogen (secondary N) is 1. The fourth-order valence-electron chi connectivity index (χ4n) is 1.65. The summed E-state index contributed by atoms with van der Waals surface area (Å²) in [6.07, 6.45) is 0. The van der Waals surface area contributed by atoms with E-state index in [1.165, 1.54) is 18.2 Å². The van der Waals surface area contributed by atoms with Gasteiger partial charge < -0.3 is 5.32 Å². The highest BCUT2D eigenvalue weighted by molar-refractivity contribution is 9.10. The number of carbonyl (C=O) groups excluding carboxylic acids is 1. The first-order valence-corrected chi connectivity index (χ1v) is 8.80. The first kappa shape index (κ1) is 16.2. The Morgan fingerprint density at radius 3 is 2.29 bits per heavy atom. The molecule has 0 radical (unpaired) electrons. The van der Waals surface area contributed by atoms with Gasteiger partial charge in [-0.1, -0.05) is 12.1 Å². The van der Waals surface area contributed by atoms with Crippen molar-refractivity contribution < 1.29 is 13.2 Å². The van der Waals surface area contributed by atoms with Crippen LogP contribution >= 0.6 is 31.9 Å². The molecule has 0 aliphatic rings. The molecule has 0 saturated heterocycles. The van der Waals surface area contributed by atoms with Gasteiger partial charge in [-0.15, -0.1) is 0 Å². The van der Waals surface area contributed by atoms with Gasteiger partial charge in [-0.05, 0) is 62.2 Å². The Labute approximate surface area is 138 Å². The Kier molecular flexibility index (Phi) is 4.82. The molecular weight excluding hydrogens is 424 g/mol. The summed E-state index contributed by atoms with van der Waals surface area (Å²) < 4.78 is 23.6. The number of carbonyl (C=O) groups is 1. The van der Waals surface area contributed by atoms with Gasteiger partial charge in [0.05, 0.1) is 10.5 Å². The molecule has 0 heterocycles. The minimum absolute atomic E-state index is 0.0404. The zero-order chi connectivity index (χ0) is 15.6. The largest absolute Gasteiger partial charge is 0.322 e. The number of sulfonamides is 1.